The number of carbonyl (C=O) groups is 1. The Morgan fingerprint density at radius 2 is 2.06 bits per heavy atom. The highest BCUT2D eigenvalue weighted by atomic mass is 79.9. The van der Waals surface area contributed by atoms with Gasteiger partial charge in [0.2, 0.25) is 0 Å². The van der Waals surface area contributed by atoms with Crippen molar-refractivity contribution >= 4 is 27.6 Å². The lowest BCUT2D eigenvalue weighted by Gasteiger charge is -2.07. The number of rotatable bonds is 4. The smallest absolute Gasteiger partial charge is 0.360 e. The van der Waals surface area contributed by atoms with Gasteiger partial charge in [0.1, 0.15) is 7.11 Å². The second kappa shape index (κ2) is 6.27. The van der Waals surface area contributed by atoms with Crippen molar-refractivity contribution in [1.82, 2.24) is 0 Å². The third kappa shape index (κ3) is 2.82. The van der Waals surface area contributed by atoms with Gasteiger partial charge >= 0.3 is 5.97 Å². The van der Waals surface area contributed by atoms with E-state index >= 15 is 0 Å². The second-order valence-corrected chi connectivity index (χ2v) is 3.47. The van der Waals surface area contributed by atoms with Gasteiger partial charge in [-0.05, 0) is 5.56 Å². The van der Waals surface area contributed by atoms with E-state index in [0.29, 0.717) is 10.9 Å². The molecular formula is C11H12BrNO3. The van der Waals surface area contributed by atoms with Crippen molar-refractivity contribution in [3.63, 3.8) is 0 Å². The summed E-state index contributed by atoms with van der Waals surface area (Å²) in [6, 6.07) is 7.42. The number of carbonyl (C=O) groups excluding carboxylic acids is 1. The van der Waals surface area contributed by atoms with Crippen LogP contribution in [0.3, 0.4) is 0 Å². The number of benzene rings is 1. The Kier molecular flexibility index (Phi) is 4.98. The number of ether oxygens (including phenoxy) is 1. The van der Waals surface area contributed by atoms with Crippen molar-refractivity contribution in [3.8, 4) is 0 Å². The average Bonchev–Trinajstić information content (AvgIpc) is 2.35. The lowest BCUT2D eigenvalue weighted by Crippen LogP contribution is -2.19. The molecule has 86 valence electrons. The first-order valence-corrected chi connectivity index (χ1v) is 5.70. The normalized spacial score (nSPS) is 11.1. The molecule has 0 bridgehead atoms. The van der Waals surface area contributed by atoms with Crippen LogP contribution in [0.15, 0.2) is 29.4 Å². The van der Waals surface area contributed by atoms with Crippen LogP contribution in [0, 0.1) is 0 Å². The fourth-order valence-electron chi connectivity index (χ4n) is 1.25. The Morgan fingerprint density at radius 1 is 1.38 bits per heavy atom. The van der Waals surface area contributed by atoms with Crippen molar-refractivity contribution in [1.29, 1.82) is 0 Å². The van der Waals surface area contributed by atoms with Gasteiger partial charge in [0.05, 0.1) is 7.11 Å². The highest BCUT2D eigenvalue weighted by molar-refractivity contribution is 9.08. The van der Waals surface area contributed by atoms with Gasteiger partial charge in [-0.1, -0.05) is 45.4 Å². The molecule has 0 spiro atoms. The van der Waals surface area contributed by atoms with Gasteiger partial charge in [-0.3, -0.25) is 0 Å². The van der Waals surface area contributed by atoms with Crippen LogP contribution in [0.2, 0.25) is 0 Å². The molecule has 0 amide bonds. The van der Waals surface area contributed by atoms with Crippen LogP contribution in [0.25, 0.3) is 0 Å². The summed E-state index contributed by atoms with van der Waals surface area (Å²) in [5, 5.41) is 4.32. The summed E-state index contributed by atoms with van der Waals surface area (Å²) in [5.41, 5.74) is 1.82. The van der Waals surface area contributed by atoms with Crippen molar-refractivity contribution in [2.45, 2.75) is 5.33 Å². The lowest BCUT2D eigenvalue weighted by atomic mass is 10.0. The first kappa shape index (κ1) is 12.7. The largest absolute Gasteiger partial charge is 0.464 e. The monoisotopic (exact) mass is 285 g/mol. The van der Waals surface area contributed by atoms with E-state index in [4.69, 9.17) is 0 Å². The van der Waals surface area contributed by atoms with E-state index in [9.17, 15) is 4.79 Å². The summed E-state index contributed by atoms with van der Waals surface area (Å²) >= 11 is 3.35. The number of nitrogens with zero attached hydrogens (tertiary/aromatic N) is 1. The summed E-state index contributed by atoms with van der Waals surface area (Å²) in [4.78, 5) is 16.2. The number of hydrogen-bond donors (Lipinski definition) is 0. The zero-order valence-electron chi connectivity index (χ0n) is 9.07. The number of alkyl halides is 1. The van der Waals surface area contributed by atoms with E-state index in [1.165, 1.54) is 14.2 Å². The van der Waals surface area contributed by atoms with Crippen LogP contribution in [0.5, 0.6) is 0 Å². The number of esters is 1. The number of hydrogen-bond acceptors (Lipinski definition) is 4. The minimum atomic E-state index is -0.518. The topological polar surface area (TPSA) is 47.9 Å². The third-order valence-electron chi connectivity index (χ3n) is 1.98. The fourth-order valence-corrected chi connectivity index (χ4v) is 1.74. The zero-order chi connectivity index (χ0) is 12.0. The Hall–Kier alpha value is -1.36. The molecule has 0 radical (unpaired) electrons. The average molecular weight is 286 g/mol. The van der Waals surface area contributed by atoms with Crippen molar-refractivity contribution in [3.05, 3.63) is 35.4 Å². The summed E-state index contributed by atoms with van der Waals surface area (Å²) in [5.74, 6) is -0.518. The molecule has 5 heteroatoms. The van der Waals surface area contributed by atoms with Gasteiger partial charge in [-0.15, -0.1) is 0 Å². The van der Waals surface area contributed by atoms with Gasteiger partial charge in [-0.25, -0.2) is 4.79 Å². The molecule has 0 unspecified atom stereocenters. The molecule has 4 nitrogen and oxygen atoms in total. The highest BCUT2D eigenvalue weighted by Gasteiger charge is 2.18. The molecular weight excluding hydrogens is 274 g/mol. The Morgan fingerprint density at radius 3 is 2.62 bits per heavy atom. The number of halogens is 1. The lowest BCUT2D eigenvalue weighted by molar-refractivity contribution is -0.132. The van der Waals surface area contributed by atoms with Gasteiger partial charge in [0.15, 0.2) is 5.71 Å². The minimum Gasteiger partial charge on any atom is -0.464 e. The van der Waals surface area contributed by atoms with Gasteiger partial charge in [-0.2, -0.15) is 0 Å². The molecule has 0 atom stereocenters. The number of oxime groups is 1. The highest BCUT2D eigenvalue weighted by Crippen LogP contribution is 2.14. The Balaban J connectivity index is 3.21. The first-order valence-electron chi connectivity index (χ1n) is 4.58. The van der Waals surface area contributed by atoms with E-state index in [-0.39, 0.29) is 5.71 Å². The summed E-state index contributed by atoms with van der Waals surface area (Å²) in [7, 11) is 2.70. The second-order valence-electron chi connectivity index (χ2n) is 2.90. The first-order chi connectivity index (χ1) is 7.74. The van der Waals surface area contributed by atoms with Crippen LogP contribution < -0.4 is 0 Å². The summed E-state index contributed by atoms with van der Waals surface area (Å²) < 4.78 is 4.65. The van der Waals surface area contributed by atoms with Crippen LogP contribution in [0.4, 0.5) is 0 Å². The molecule has 16 heavy (non-hydrogen) atoms. The molecule has 0 saturated carbocycles. The maximum absolute atomic E-state index is 11.5. The molecule has 0 heterocycles. The molecule has 0 aliphatic rings. The van der Waals surface area contributed by atoms with E-state index in [1.807, 2.05) is 18.2 Å². The third-order valence-corrected chi connectivity index (χ3v) is 2.58. The number of methoxy groups -OCH3 is 1. The maximum atomic E-state index is 11.5. The maximum Gasteiger partial charge on any atom is 0.360 e. The van der Waals surface area contributed by atoms with E-state index in [1.54, 1.807) is 6.07 Å². The van der Waals surface area contributed by atoms with Crippen molar-refractivity contribution in [2.75, 3.05) is 14.2 Å². The van der Waals surface area contributed by atoms with Crippen LogP contribution >= 0.6 is 15.9 Å². The van der Waals surface area contributed by atoms with E-state index in [2.05, 4.69) is 30.7 Å². The molecule has 0 saturated heterocycles. The van der Waals surface area contributed by atoms with E-state index < -0.39 is 5.97 Å². The SMILES string of the molecule is CO/N=C(/C(=O)OC)c1ccccc1CBr. The molecule has 0 aliphatic carbocycles. The van der Waals surface area contributed by atoms with Gasteiger partial charge < -0.3 is 9.57 Å². The molecule has 1 rings (SSSR count). The predicted octanol–water partition coefficient (Wildman–Crippen LogP) is 2.11. The summed E-state index contributed by atoms with van der Waals surface area (Å²) in [6.45, 7) is 0. The van der Waals surface area contributed by atoms with E-state index in [0.717, 1.165) is 5.56 Å². The van der Waals surface area contributed by atoms with Crippen molar-refractivity contribution < 1.29 is 14.4 Å². The Bertz CT molecular complexity index is 404. The standard InChI is InChI=1S/C11H12BrNO3/c1-15-11(14)10(13-16-2)9-6-4-3-5-8(9)7-12/h3-6H,7H2,1-2H3/b13-10+. The molecule has 0 aliphatic heterocycles. The fraction of sp³-hybridized carbons (Fsp3) is 0.273. The Labute approximate surface area is 102 Å². The molecule has 1 aromatic carbocycles. The molecule has 0 N–H and O–H groups in total. The summed E-state index contributed by atoms with van der Waals surface area (Å²) in [6.07, 6.45) is 0. The van der Waals surface area contributed by atoms with Gasteiger partial charge in [0, 0.05) is 10.9 Å². The van der Waals surface area contributed by atoms with Crippen LogP contribution in [0.1, 0.15) is 11.1 Å². The zero-order valence-corrected chi connectivity index (χ0v) is 10.7. The quantitative estimate of drug-likeness (QED) is 0.368. The van der Waals surface area contributed by atoms with Gasteiger partial charge in [0.25, 0.3) is 0 Å². The molecule has 0 aromatic heterocycles. The predicted molar refractivity (Wildman–Crippen MR) is 64.6 cm³/mol. The molecule has 0 fully saturated rings. The minimum absolute atomic E-state index is 0.167. The van der Waals surface area contributed by atoms with Crippen molar-refractivity contribution in [2.24, 2.45) is 5.16 Å². The van der Waals surface area contributed by atoms with Crippen LogP contribution in [-0.4, -0.2) is 25.9 Å². The molecule has 1 aromatic rings. The van der Waals surface area contributed by atoms with Crippen LogP contribution in [-0.2, 0) is 19.7 Å².